The molecule has 1 aliphatic heterocycles. The molecule has 4 nitrogen and oxygen atoms in total. The van der Waals surface area contributed by atoms with E-state index in [1.807, 2.05) is 0 Å². The predicted molar refractivity (Wildman–Crippen MR) is 112 cm³/mol. The van der Waals surface area contributed by atoms with Crippen molar-refractivity contribution in [2.75, 3.05) is 33.4 Å². The van der Waals surface area contributed by atoms with E-state index in [2.05, 4.69) is 41.0 Å². The molecular weight excluding hydrogens is 360 g/mol. The summed E-state index contributed by atoms with van der Waals surface area (Å²) in [7, 11) is 1.76. The van der Waals surface area contributed by atoms with Crippen LogP contribution in [0.25, 0.3) is 0 Å². The van der Waals surface area contributed by atoms with Crippen molar-refractivity contribution in [1.82, 2.24) is 10.6 Å². The number of hydrogen-bond donors (Lipinski definition) is 2. The summed E-state index contributed by atoms with van der Waals surface area (Å²) >= 11 is 0. The first-order valence-corrected chi connectivity index (χ1v) is 10.2. The van der Waals surface area contributed by atoms with Gasteiger partial charge in [0, 0.05) is 25.5 Å². The van der Waals surface area contributed by atoms with Crippen molar-refractivity contribution in [2.24, 2.45) is 11.3 Å². The van der Waals surface area contributed by atoms with Gasteiger partial charge in [0.25, 0.3) is 0 Å². The van der Waals surface area contributed by atoms with E-state index in [1.54, 1.807) is 7.11 Å². The highest BCUT2D eigenvalue weighted by atomic mass is 35.5. The minimum Gasteiger partial charge on any atom is -0.384 e. The second-order valence-electron chi connectivity index (χ2n) is 8.29. The molecule has 0 bridgehead atoms. The number of nitrogens with one attached hydrogen (secondary N) is 2. The van der Waals surface area contributed by atoms with E-state index < -0.39 is 0 Å². The topological polar surface area (TPSA) is 50.4 Å². The largest absolute Gasteiger partial charge is 0.384 e. The monoisotopic (exact) mass is 394 g/mol. The third-order valence-corrected chi connectivity index (χ3v) is 6.37. The molecule has 2 aliphatic rings. The van der Waals surface area contributed by atoms with Crippen molar-refractivity contribution >= 4 is 18.3 Å². The number of amides is 1. The van der Waals surface area contributed by atoms with Crippen molar-refractivity contribution in [3.05, 3.63) is 35.9 Å². The summed E-state index contributed by atoms with van der Waals surface area (Å²) in [4.78, 5) is 12.5. The van der Waals surface area contributed by atoms with Crippen molar-refractivity contribution in [2.45, 2.75) is 50.9 Å². The smallest absolute Gasteiger partial charge is 0.220 e. The summed E-state index contributed by atoms with van der Waals surface area (Å²) in [6, 6.07) is 10.8. The van der Waals surface area contributed by atoms with Crippen molar-refractivity contribution in [3.8, 4) is 0 Å². The zero-order chi connectivity index (χ0) is 18.2. The summed E-state index contributed by atoms with van der Waals surface area (Å²) in [6.45, 7) is 3.52. The van der Waals surface area contributed by atoms with Gasteiger partial charge in [0.05, 0.1) is 6.61 Å². The minimum absolute atomic E-state index is 0. The molecule has 0 atom stereocenters. The highest BCUT2D eigenvalue weighted by Crippen LogP contribution is 2.37. The average Bonchev–Trinajstić information content (AvgIpc) is 2.69. The van der Waals surface area contributed by atoms with E-state index in [0.29, 0.717) is 18.3 Å². The molecule has 0 radical (unpaired) electrons. The van der Waals surface area contributed by atoms with Crippen LogP contribution < -0.4 is 10.6 Å². The normalized spacial score (nSPS) is 24.6. The van der Waals surface area contributed by atoms with Crippen LogP contribution in [-0.2, 0) is 9.53 Å². The van der Waals surface area contributed by atoms with Crippen LogP contribution in [0.1, 0.15) is 56.4 Å². The van der Waals surface area contributed by atoms with Gasteiger partial charge in [0.2, 0.25) is 5.91 Å². The molecule has 0 spiro atoms. The molecule has 0 unspecified atom stereocenters. The number of rotatable bonds is 7. The molecule has 2 N–H and O–H groups in total. The summed E-state index contributed by atoms with van der Waals surface area (Å²) in [6.07, 6.45) is 7.58. The molecule has 1 saturated carbocycles. The second kappa shape index (κ2) is 11.0. The van der Waals surface area contributed by atoms with Gasteiger partial charge in [0.1, 0.15) is 0 Å². The van der Waals surface area contributed by atoms with Crippen molar-refractivity contribution in [3.63, 3.8) is 0 Å². The lowest BCUT2D eigenvalue weighted by Crippen LogP contribution is -2.47. The van der Waals surface area contributed by atoms with Gasteiger partial charge in [-0.05, 0) is 69.0 Å². The number of carbonyl (C=O) groups is 1. The molecule has 1 aromatic rings. The SMILES string of the molecule is COCC1(CNC(=O)CC2CCC(c3ccccc3)CC2)CCNCC1.Cl. The van der Waals surface area contributed by atoms with Gasteiger partial charge in [-0.3, -0.25) is 4.79 Å². The zero-order valence-corrected chi connectivity index (χ0v) is 17.4. The van der Waals surface area contributed by atoms with Crippen LogP contribution in [0.4, 0.5) is 0 Å². The number of methoxy groups -OCH3 is 1. The Hall–Kier alpha value is -1.10. The van der Waals surface area contributed by atoms with E-state index in [9.17, 15) is 4.79 Å². The maximum absolute atomic E-state index is 12.5. The minimum atomic E-state index is 0. The number of ether oxygens (including phenoxy) is 1. The molecule has 2 fully saturated rings. The van der Waals surface area contributed by atoms with Gasteiger partial charge in [-0.1, -0.05) is 30.3 Å². The first kappa shape index (κ1) is 22.2. The Balaban J connectivity index is 0.00000261. The molecule has 1 aliphatic carbocycles. The lowest BCUT2D eigenvalue weighted by atomic mass is 9.77. The number of benzene rings is 1. The van der Waals surface area contributed by atoms with Gasteiger partial charge in [-0.25, -0.2) is 0 Å². The van der Waals surface area contributed by atoms with Crippen LogP contribution in [0.5, 0.6) is 0 Å². The highest BCUT2D eigenvalue weighted by Gasteiger charge is 2.33. The fraction of sp³-hybridized carbons (Fsp3) is 0.682. The molecule has 27 heavy (non-hydrogen) atoms. The van der Waals surface area contributed by atoms with Crippen LogP contribution in [0.2, 0.25) is 0 Å². The Kier molecular flexibility index (Phi) is 9.07. The zero-order valence-electron chi connectivity index (χ0n) is 16.5. The van der Waals surface area contributed by atoms with E-state index in [0.717, 1.165) is 39.1 Å². The Bertz CT molecular complexity index is 547. The summed E-state index contributed by atoms with van der Waals surface area (Å²) in [5.41, 5.74) is 1.57. The molecule has 1 aromatic carbocycles. The van der Waals surface area contributed by atoms with E-state index in [4.69, 9.17) is 4.74 Å². The summed E-state index contributed by atoms with van der Waals surface area (Å²) in [5.74, 6) is 1.44. The van der Waals surface area contributed by atoms with Crippen molar-refractivity contribution < 1.29 is 9.53 Å². The van der Waals surface area contributed by atoms with Gasteiger partial charge in [-0.2, -0.15) is 0 Å². The quantitative estimate of drug-likeness (QED) is 0.737. The number of carbonyl (C=O) groups excluding carboxylic acids is 1. The van der Waals surface area contributed by atoms with Crippen LogP contribution in [0.3, 0.4) is 0 Å². The highest BCUT2D eigenvalue weighted by molar-refractivity contribution is 5.85. The van der Waals surface area contributed by atoms with E-state index in [1.165, 1.54) is 31.2 Å². The molecule has 1 saturated heterocycles. The molecule has 0 aromatic heterocycles. The maximum Gasteiger partial charge on any atom is 0.220 e. The molecule has 3 rings (SSSR count). The first-order chi connectivity index (χ1) is 12.7. The average molecular weight is 395 g/mol. The number of piperidine rings is 1. The van der Waals surface area contributed by atoms with Crippen LogP contribution in [-0.4, -0.2) is 39.3 Å². The number of halogens is 1. The lowest BCUT2D eigenvalue weighted by Gasteiger charge is -2.37. The molecule has 1 amide bonds. The molecular formula is C22H35ClN2O2. The van der Waals surface area contributed by atoms with Crippen LogP contribution >= 0.6 is 12.4 Å². The standard InChI is InChI=1S/C22H34N2O2.ClH/c1-26-17-22(11-13-23-14-12-22)16-24-21(25)15-18-7-9-20(10-8-18)19-5-3-2-4-6-19;/h2-6,18,20,23H,7-17H2,1H3,(H,24,25);1H. The summed E-state index contributed by atoms with van der Waals surface area (Å²) < 4.78 is 5.44. The third-order valence-electron chi connectivity index (χ3n) is 6.37. The summed E-state index contributed by atoms with van der Waals surface area (Å²) in [5, 5.41) is 6.62. The van der Waals surface area contributed by atoms with Gasteiger partial charge < -0.3 is 15.4 Å². The first-order valence-electron chi connectivity index (χ1n) is 10.2. The second-order valence-corrected chi connectivity index (χ2v) is 8.29. The van der Waals surface area contributed by atoms with Gasteiger partial charge >= 0.3 is 0 Å². The fourth-order valence-electron chi connectivity index (χ4n) is 4.68. The van der Waals surface area contributed by atoms with E-state index >= 15 is 0 Å². The van der Waals surface area contributed by atoms with Crippen LogP contribution in [0.15, 0.2) is 30.3 Å². The maximum atomic E-state index is 12.5. The predicted octanol–water partition coefficient (Wildman–Crippen LogP) is 3.90. The number of hydrogen-bond acceptors (Lipinski definition) is 3. The van der Waals surface area contributed by atoms with Gasteiger partial charge in [0.15, 0.2) is 0 Å². The third kappa shape index (κ3) is 6.48. The van der Waals surface area contributed by atoms with Gasteiger partial charge in [-0.15, -0.1) is 12.4 Å². The molecule has 5 heteroatoms. The van der Waals surface area contributed by atoms with Crippen LogP contribution in [0, 0.1) is 11.3 Å². The Morgan fingerprint density at radius 1 is 1.15 bits per heavy atom. The fourth-order valence-corrected chi connectivity index (χ4v) is 4.68. The molecule has 1 heterocycles. The molecule has 152 valence electrons. The Morgan fingerprint density at radius 2 is 1.81 bits per heavy atom. The van der Waals surface area contributed by atoms with Crippen molar-refractivity contribution in [1.29, 1.82) is 0 Å². The lowest BCUT2D eigenvalue weighted by molar-refractivity contribution is -0.123. The Labute approximate surface area is 170 Å². The Morgan fingerprint density at radius 3 is 2.44 bits per heavy atom. The van der Waals surface area contributed by atoms with E-state index in [-0.39, 0.29) is 23.7 Å².